The smallest absolute Gasteiger partial charge is 0.330 e. The molecule has 0 saturated heterocycles. The fraction of sp³-hybridized carbons (Fsp3) is 0.778. The molecule has 4 aliphatic carbocycles. The molecule has 0 radical (unpaired) electrons. The van der Waals surface area contributed by atoms with Crippen molar-refractivity contribution in [3.8, 4) is 0 Å². The molecule has 0 spiro atoms. The minimum Gasteiger partial charge on any atom is -0.478 e. The second-order valence-electron chi connectivity index (χ2n) is 8.50. The summed E-state index contributed by atoms with van der Waals surface area (Å²) in [5.41, 5.74) is 0.264. The van der Waals surface area contributed by atoms with E-state index in [1.165, 1.54) is 13.5 Å². The third-order valence-electron chi connectivity index (χ3n) is 6.34. The number of aliphatic carboxylic acids is 1. The van der Waals surface area contributed by atoms with E-state index in [-0.39, 0.29) is 27.8 Å². The summed E-state index contributed by atoms with van der Waals surface area (Å²) in [5, 5.41) is 9.05. The predicted octanol–water partition coefficient (Wildman–Crippen LogP) is 3.56. The lowest BCUT2D eigenvalue weighted by molar-refractivity contribution is -0.192. The van der Waals surface area contributed by atoms with Gasteiger partial charge >= 0.3 is 11.9 Å². The van der Waals surface area contributed by atoms with Crippen LogP contribution >= 0.6 is 0 Å². The first-order chi connectivity index (χ1) is 10.2. The van der Waals surface area contributed by atoms with Crippen LogP contribution < -0.4 is 0 Å². The van der Waals surface area contributed by atoms with Crippen LogP contribution in [0.5, 0.6) is 0 Å². The molecule has 4 saturated carbocycles. The van der Waals surface area contributed by atoms with E-state index in [0.717, 1.165) is 38.5 Å². The summed E-state index contributed by atoms with van der Waals surface area (Å²) in [6.45, 7) is 5.97. The molecule has 4 unspecified atom stereocenters. The normalized spacial score (nSPS) is 42.2. The van der Waals surface area contributed by atoms with Gasteiger partial charge in [0.2, 0.25) is 0 Å². The lowest BCUT2D eigenvalue weighted by Crippen LogP contribution is -2.58. The molecule has 4 aliphatic rings. The third-order valence-corrected chi connectivity index (χ3v) is 6.34. The lowest BCUT2D eigenvalue weighted by atomic mass is 9.39. The Hall–Kier alpha value is -1.32. The van der Waals surface area contributed by atoms with Crippen molar-refractivity contribution in [3.05, 3.63) is 12.2 Å². The topological polar surface area (TPSA) is 63.6 Å². The molecule has 4 atom stereocenters. The van der Waals surface area contributed by atoms with E-state index in [4.69, 9.17) is 9.84 Å². The fourth-order valence-electron chi connectivity index (χ4n) is 6.39. The first-order valence-corrected chi connectivity index (χ1v) is 8.21. The zero-order valence-electron chi connectivity index (χ0n) is 13.6. The summed E-state index contributed by atoms with van der Waals surface area (Å²) in [6.07, 6.45) is 7.56. The van der Waals surface area contributed by atoms with Crippen LogP contribution in [0.25, 0.3) is 0 Å². The second kappa shape index (κ2) is 4.84. The molecule has 0 aromatic carbocycles. The van der Waals surface area contributed by atoms with Crippen LogP contribution in [-0.2, 0) is 14.3 Å². The molecule has 0 aliphatic heterocycles. The van der Waals surface area contributed by atoms with Crippen LogP contribution in [0.15, 0.2) is 12.2 Å². The standard InChI is InChI=1S/C18H26O4/c1-12(14(19)20)4-5-17-7-13-6-16(2,9-17)10-18(8-13,11-17)15(21)22-3/h13H,1,4-11H2,2-3H3,(H,19,20). The van der Waals surface area contributed by atoms with E-state index in [1.807, 2.05) is 0 Å². The van der Waals surface area contributed by atoms with Crippen LogP contribution in [0.2, 0.25) is 0 Å². The van der Waals surface area contributed by atoms with E-state index in [0.29, 0.717) is 12.3 Å². The highest BCUT2D eigenvalue weighted by Crippen LogP contribution is 2.71. The SMILES string of the molecule is C=C(CCC12CC3CC(C)(C1)CC(C(=O)OC)(C3)C2)C(=O)O. The van der Waals surface area contributed by atoms with Crippen LogP contribution in [0, 0.1) is 22.2 Å². The summed E-state index contributed by atoms with van der Waals surface area (Å²) in [7, 11) is 1.49. The van der Waals surface area contributed by atoms with E-state index < -0.39 is 5.97 Å². The number of carbonyl (C=O) groups excluding carboxylic acids is 1. The van der Waals surface area contributed by atoms with Gasteiger partial charge in [-0.25, -0.2) is 4.79 Å². The van der Waals surface area contributed by atoms with Gasteiger partial charge < -0.3 is 9.84 Å². The number of carboxylic acid groups (broad SMARTS) is 1. The van der Waals surface area contributed by atoms with Crippen molar-refractivity contribution < 1.29 is 19.4 Å². The summed E-state index contributed by atoms with van der Waals surface area (Å²) in [4.78, 5) is 23.5. The van der Waals surface area contributed by atoms with Crippen molar-refractivity contribution in [2.24, 2.45) is 22.2 Å². The first-order valence-electron chi connectivity index (χ1n) is 8.21. The minimum atomic E-state index is -0.904. The maximum absolute atomic E-state index is 12.5. The van der Waals surface area contributed by atoms with Gasteiger partial charge in [0.05, 0.1) is 12.5 Å². The fourth-order valence-corrected chi connectivity index (χ4v) is 6.39. The van der Waals surface area contributed by atoms with E-state index in [2.05, 4.69) is 13.5 Å². The second-order valence-corrected chi connectivity index (χ2v) is 8.50. The van der Waals surface area contributed by atoms with Gasteiger partial charge in [0, 0.05) is 5.57 Å². The Labute approximate surface area is 131 Å². The molecule has 4 fully saturated rings. The highest BCUT2D eigenvalue weighted by atomic mass is 16.5. The average molecular weight is 306 g/mol. The number of esters is 1. The van der Waals surface area contributed by atoms with Gasteiger partial charge in [-0.1, -0.05) is 13.5 Å². The summed E-state index contributed by atoms with van der Waals surface area (Å²) in [6, 6.07) is 0. The molecule has 4 bridgehead atoms. The number of hydrogen-bond acceptors (Lipinski definition) is 3. The summed E-state index contributed by atoms with van der Waals surface area (Å²) >= 11 is 0. The van der Waals surface area contributed by atoms with Gasteiger partial charge in [0.25, 0.3) is 0 Å². The number of hydrogen-bond donors (Lipinski definition) is 1. The van der Waals surface area contributed by atoms with Crippen LogP contribution in [0.3, 0.4) is 0 Å². The van der Waals surface area contributed by atoms with Crippen molar-refractivity contribution in [1.29, 1.82) is 0 Å². The van der Waals surface area contributed by atoms with E-state index in [9.17, 15) is 9.59 Å². The van der Waals surface area contributed by atoms with Crippen molar-refractivity contribution in [3.63, 3.8) is 0 Å². The zero-order chi connectivity index (χ0) is 16.2. The largest absolute Gasteiger partial charge is 0.478 e. The van der Waals surface area contributed by atoms with Crippen LogP contribution in [0.1, 0.15) is 58.3 Å². The van der Waals surface area contributed by atoms with Crippen molar-refractivity contribution in [2.75, 3.05) is 7.11 Å². The van der Waals surface area contributed by atoms with E-state index in [1.54, 1.807) is 0 Å². The number of carbonyl (C=O) groups is 2. The molecule has 4 heteroatoms. The number of ether oxygens (including phenoxy) is 1. The van der Waals surface area contributed by atoms with Gasteiger partial charge in [-0.2, -0.15) is 0 Å². The summed E-state index contributed by atoms with van der Waals surface area (Å²) < 4.78 is 5.14. The van der Waals surface area contributed by atoms with Crippen molar-refractivity contribution in [1.82, 2.24) is 0 Å². The highest BCUT2D eigenvalue weighted by molar-refractivity contribution is 5.85. The van der Waals surface area contributed by atoms with Crippen molar-refractivity contribution in [2.45, 2.75) is 58.3 Å². The quantitative estimate of drug-likeness (QED) is 0.623. The molecule has 0 amide bonds. The Morgan fingerprint density at radius 3 is 2.55 bits per heavy atom. The van der Waals surface area contributed by atoms with E-state index >= 15 is 0 Å². The molecule has 0 aromatic heterocycles. The Morgan fingerprint density at radius 2 is 1.95 bits per heavy atom. The molecule has 0 heterocycles. The average Bonchev–Trinajstić information content (AvgIpc) is 2.41. The molecule has 122 valence electrons. The van der Waals surface area contributed by atoms with Gasteiger partial charge in [-0.15, -0.1) is 0 Å². The lowest BCUT2D eigenvalue weighted by Gasteiger charge is -2.65. The molecule has 4 nitrogen and oxygen atoms in total. The zero-order valence-corrected chi connectivity index (χ0v) is 13.6. The maximum Gasteiger partial charge on any atom is 0.330 e. The van der Waals surface area contributed by atoms with Crippen molar-refractivity contribution >= 4 is 11.9 Å². The third kappa shape index (κ3) is 2.37. The highest BCUT2D eigenvalue weighted by Gasteiger charge is 2.64. The van der Waals surface area contributed by atoms with Gasteiger partial charge in [0.15, 0.2) is 0 Å². The minimum absolute atomic E-state index is 0.0516. The predicted molar refractivity (Wildman–Crippen MR) is 82.2 cm³/mol. The Bertz CT molecular complexity index is 539. The van der Waals surface area contributed by atoms with Gasteiger partial charge in [-0.05, 0) is 68.1 Å². The first kappa shape index (κ1) is 15.6. The molecule has 0 aromatic rings. The Kier molecular flexibility index (Phi) is 3.42. The van der Waals surface area contributed by atoms with Crippen LogP contribution in [0.4, 0.5) is 0 Å². The summed E-state index contributed by atoms with van der Waals surface area (Å²) in [5.74, 6) is -0.374. The molecular formula is C18H26O4. The molecular weight excluding hydrogens is 280 g/mol. The Balaban J connectivity index is 1.85. The van der Waals surface area contributed by atoms with Crippen LogP contribution in [-0.4, -0.2) is 24.2 Å². The molecule has 22 heavy (non-hydrogen) atoms. The molecule has 1 N–H and O–H groups in total. The monoisotopic (exact) mass is 306 g/mol. The number of carboxylic acids is 1. The molecule has 4 rings (SSSR count). The number of methoxy groups -OCH3 is 1. The maximum atomic E-state index is 12.5. The Morgan fingerprint density at radius 1 is 1.23 bits per heavy atom. The van der Waals surface area contributed by atoms with Gasteiger partial charge in [-0.3, -0.25) is 4.79 Å². The number of rotatable bonds is 5. The van der Waals surface area contributed by atoms with Gasteiger partial charge in [0.1, 0.15) is 0 Å².